The van der Waals surface area contributed by atoms with Gasteiger partial charge in [0.25, 0.3) is 10.1 Å². The summed E-state index contributed by atoms with van der Waals surface area (Å²) in [6, 6.07) is 0.428. The Morgan fingerprint density at radius 1 is 1.10 bits per heavy atom. The molecule has 0 aromatic rings. The van der Waals surface area contributed by atoms with Crippen LogP contribution in [0.2, 0.25) is 0 Å². The smallest absolute Gasteiger partial charge is 0.267 e. The van der Waals surface area contributed by atoms with Gasteiger partial charge in [-0.2, -0.15) is 8.42 Å². The molecule has 0 radical (unpaired) electrons. The largest absolute Gasteiger partial charge is 0.352 e. The average Bonchev–Trinajstić information content (AvgIpc) is 2.89. The number of likely N-dealkylation sites (N-methyl/N-ethyl adjacent to an activating group) is 1. The lowest BCUT2D eigenvalue weighted by molar-refractivity contribution is -0.125. The van der Waals surface area contributed by atoms with Crippen LogP contribution in [0.1, 0.15) is 44.9 Å². The second-order valence-electron chi connectivity index (χ2n) is 5.94. The molecule has 116 valence electrons. The van der Waals surface area contributed by atoms with Gasteiger partial charge in [0, 0.05) is 18.0 Å². The van der Waals surface area contributed by atoms with Gasteiger partial charge < -0.3 is 10.6 Å². The molecule has 2 fully saturated rings. The quantitative estimate of drug-likeness (QED) is 0.664. The van der Waals surface area contributed by atoms with Crippen molar-refractivity contribution in [3.8, 4) is 0 Å². The monoisotopic (exact) mass is 304 g/mol. The van der Waals surface area contributed by atoms with E-state index in [9.17, 15) is 13.2 Å². The first-order valence-electron chi connectivity index (χ1n) is 7.35. The Bertz CT molecular complexity index is 451. The average molecular weight is 304 g/mol. The summed E-state index contributed by atoms with van der Waals surface area (Å²) in [6.45, 7) is 0. The van der Waals surface area contributed by atoms with Crippen molar-refractivity contribution < 1.29 is 17.8 Å². The molecule has 2 aliphatic rings. The Balaban J connectivity index is 1.89. The van der Waals surface area contributed by atoms with E-state index in [1.165, 1.54) is 6.42 Å². The molecular weight excluding hydrogens is 280 g/mol. The molecule has 6 nitrogen and oxygen atoms in total. The van der Waals surface area contributed by atoms with Crippen molar-refractivity contribution in [2.24, 2.45) is 5.92 Å². The highest BCUT2D eigenvalue weighted by Gasteiger charge is 2.37. The number of nitrogens with one attached hydrogen (secondary N) is 2. The summed E-state index contributed by atoms with van der Waals surface area (Å²) >= 11 is 0. The Hall–Kier alpha value is -0.660. The number of hydrogen-bond donors (Lipinski definition) is 3. The van der Waals surface area contributed by atoms with Crippen LogP contribution in [-0.2, 0) is 14.9 Å². The summed E-state index contributed by atoms with van der Waals surface area (Å²) in [5.74, 6) is -0.357. The van der Waals surface area contributed by atoms with Crippen LogP contribution in [0.25, 0.3) is 0 Å². The third kappa shape index (κ3) is 3.71. The molecule has 0 aromatic heterocycles. The van der Waals surface area contributed by atoms with E-state index in [-0.39, 0.29) is 24.3 Å². The van der Waals surface area contributed by atoms with Crippen LogP contribution in [-0.4, -0.2) is 43.3 Å². The zero-order valence-electron chi connectivity index (χ0n) is 11.8. The van der Waals surface area contributed by atoms with Gasteiger partial charge in [0.2, 0.25) is 5.91 Å². The van der Waals surface area contributed by atoms with Crippen molar-refractivity contribution in [1.29, 1.82) is 0 Å². The molecule has 0 spiro atoms. The predicted molar refractivity (Wildman–Crippen MR) is 75.9 cm³/mol. The van der Waals surface area contributed by atoms with Crippen molar-refractivity contribution >= 4 is 16.0 Å². The van der Waals surface area contributed by atoms with Gasteiger partial charge in [-0.3, -0.25) is 9.35 Å². The highest BCUT2D eigenvalue weighted by atomic mass is 32.2. The minimum Gasteiger partial charge on any atom is -0.352 e. The summed E-state index contributed by atoms with van der Waals surface area (Å²) in [6.07, 6.45) is 5.45. The van der Waals surface area contributed by atoms with Gasteiger partial charge >= 0.3 is 0 Å². The molecule has 2 unspecified atom stereocenters. The van der Waals surface area contributed by atoms with Gasteiger partial charge in [0.1, 0.15) is 0 Å². The fourth-order valence-electron chi connectivity index (χ4n) is 3.40. The molecule has 20 heavy (non-hydrogen) atoms. The summed E-state index contributed by atoms with van der Waals surface area (Å²) in [5.41, 5.74) is 0. The lowest BCUT2D eigenvalue weighted by atomic mass is 9.90. The van der Waals surface area contributed by atoms with E-state index in [0.29, 0.717) is 18.9 Å². The van der Waals surface area contributed by atoms with Gasteiger partial charge in [-0.15, -0.1) is 0 Å². The molecule has 7 heteroatoms. The standard InChI is InChI=1S/C13H24N2O4S/c1-14-11-4-2-3-5-12(11)15-13(16)9-6-7-10(8-9)20(17,18)19/h9-12,14H,2-8H2,1H3,(H,15,16)(H,17,18,19)/t9?,10?,11-,12-/m1/s1. The van der Waals surface area contributed by atoms with Crippen LogP contribution in [0.3, 0.4) is 0 Å². The molecule has 2 aliphatic carbocycles. The molecule has 4 atom stereocenters. The molecule has 2 rings (SSSR count). The second-order valence-corrected chi connectivity index (χ2v) is 7.64. The normalized spacial score (nSPS) is 34.9. The molecule has 0 aromatic carbocycles. The zero-order chi connectivity index (χ0) is 14.8. The second kappa shape index (κ2) is 6.41. The maximum Gasteiger partial charge on any atom is 0.267 e. The molecule has 0 heterocycles. The molecule has 0 bridgehead atoms. The van der Waals surface area contributed by atoms with Gasteiger partial charge in [-0.05, 0) is 39.2 Å². The number of amides is 1. The van der Waals surface area contributed by atoms with Crippen molar-refractivity contribution in [2.75, 3.05) is 7.05 Å². The molecule has 0 aliphatic heterocycles. The van der Waals surface area contributed by atoms with Crippen molar-refractivity contribution in [1.82, 2.24) is 10.6 Å². The Kier molecular flexibility index (Phi) is 5.04. The van der Waals surface area contributed by atoms with Crippen LogP contribution in [0.4, 0.5) is 0 Å². The lowest BCUT2D eigenvalue weighted by Gasteiger charge is -2.32. The minimum atomic E-state index is -4.01. The highest BCUT2D eigenvalue weighted by Crippen LogP contribution is 2.30. The van der Waals surface area contributed by atoms with E-state index in [1.54, 1.807) is 0 Å². The highest BCUT2D eigenvalue weighted by molar-refractivity contribution is 7.86. The van der Waals surface area contributed by atoms with E-state index in [0.717, 1.165) is 19.3 Å². The molecule has 0 saturated heterocycles. The number of carbonyl (C=O) groups is 1. The van der Waals surface area contributed by atoms with E-state index in [4.69, 9.17) is 4.55 Å². The van der Waals surface area contributed by atoms with Crippen LogP contribution in [0, 0.1) is 5.92 Å². The van der Waals surface area contributed by atoms with E-state index < -0.39 is 15.4 Å². The Morgan fingerprint density at radius 3 is 2.30 bits per heavy atom. The number of hydrogen-bond acceptors (Lipinski definition) is 4. The molecule has 1 amide bonds. The third-order valence-corrected chi connectivity index (χ3v) is 5.91. The Morgan fingerprint density at radius 2 is 1.75 bits per heavy atom. The number of carbonyl (C=O) groups excluding carboxylic acids is 1. The van der Waals surface area contributed by atoms with E-state index in [1.807, 2.05) is 7.05 Å². The van der Waals surface area contributed by atoms with Gasteiger partial charge in [-0.25, -0.2) is 0 Å². The SMILES string of the molecule is CN[C@@H]1CCCC[C@H]1NC(=O)C1CCC(S(=O)(=O)O)C1. The van der Waals surface area contributed by atoms with Crippen molar-refractivity contribution in [3.05, 3.63) is 0 Å². The first kappa shape index (κ1) is 15.7. The fourth-order valence-corrected chi connectivity index (χ4v) is 4.31. The fraction of sp³-hybridized carbons (Fsp3) is 0.923. The van der Waals surface area contributed by atoms with Gasteiger partial charge in [0.15, 0.2) is 0 Å². The summed E-state index contributed by atoms with van der Waals surface area (Å²) < 4.78 is 31.3. The van der Waals surface area contributed by atoms with E-state index in [2.05, 4.69) is 10.6 Å². The molecule has 2 saturated carbocycles. The maximum absolute atomic E-state index is 12.2. The summed E-state index contributed by atoms with van der Waals surface area (Å²) in [5, 5.41) is 5.51. The van der Waals surface area contributed by atoms with Crippen LogP contribution in [0.5, 0.6) is 0 Å². The minimum absolute atomic E-state index is 0.0664. The maximum atomic E-state index is 12.2. The zero-order valence-corrected chi connectivity index (χ0v) is 12.7. The lowest BCUT2D eigenvalue weighted by Crippen LogP contribution is -2.51. The summed E-state index contributed by atoms with van der Waals surface area (Å²) in [7, 11) is -2.11. The topological polar surface area (TPSA) is 95.5 Å². The third-order valence-electron chi connectivity index (χ3n) is 4.64. The van der Waals surface area contributed by atoms with Crippen molar-refractivity contribution in [3.63, 3.8) is 0 Å². The van der Waals surface area contributed by atoms with Crippen molar-refractivity contribution in [2.45, 2.75) is 62.3 Å². The van der Waals surface area contributed by atoms with Crippen LogP contribution < -0.4 is 10.6 Å². The summed E-state index contributed by atoms with van der Waals surface area (Å²) in [4.78, 5) is 12.2. The molecule has 3 N–H and O–H groups in total. The van der Waals surface area contributed by atoms with Gasteiger partial charge in [-0.1, -0.05) is 12.8 Å². The van der Waals surface area contributed by atoms with E-state index >= 15 is 0 Å². The van der Waals surface area contributed by atoms with Gasteiger partial charge in [0.05, 0.1) is 5.25 Å². The Labute approximate surface area is 120 Å². The van der Waals surface area contributed by atoms with Crippen LogP contribution in [0.15, 0.2) is 0 Å². The molecular formula is C13H24N2O4S. The number of rotatable bonds is 4. The first-order valence-corrected chi connectivity index (χ1v) is 8.86. The van der Waals surface area contributed by atoms with Crippen LogP contribution >= 0.6 is 0 Å². The first-order chi connectivity index (χ1) is 9.41. The predicted octanol–water partition coefficient (Wildman–Crippen LogP) is 0.690.